The highest BCUT2D eigenvalue weighted by Crippen LogP contribution is 2.38. The third kappa shape index (κ3) is 3.83. The van der Waals surface area contributed by atoms with Crippen LogP contribution in [0.3, 0.4) is 0 Å². The molecule has 2 saturated heterocycles. The standard InChI is InChI=1S/C12H22N2O5S/c1-11(2,3)19-10(15)14-7-12(8-14)5-4-9(18-12)6-20(13,16)17/h9H,4-8H2,1-3H3,(H2,13,16,17). The molecule has 0 aromatic heterocycles. The number of carbonyl (C=O) groups is 1. The number of likely N-dealkylation sites (tertiary alicyclic amines) is 1. The molecule has 0 aromatic rings. The van der Waals surface area contributed by atoms with E-state index in [0.717, 1.165) is 6.42 Å². The molecule has 8 heteroatoms. The van der Waals surface area contributed by atoms with Gasteiger partial charge in [0.15, 0.2) is 0 Å². The Balaban J connectivity index is 1.83. The van der Waals surface area contributed by atoms with Crippen molar-refractivity contribution in [3.05, 3.63) is 0 Å². The molecule has 20 heavy (non-hydrogen) atoms. The molecule has 1 unspecified atom stereocenters. The first-order valence-electron chi connectivity index (χ1n) is 6.64. The lowest BCUT2D eigenvalue weighted by Gasteiger charge is -2.47. The van der Waals surface area contributed by atoms with Gasteiger partial charge in [-0.2, -0.15) is 0 Å². The zero-order chi connectivity index (χ0) is 15.2. The summed E-state index contributed by atoms with van der Waals surface area (Å²) < 4.78 is 33.1. The summed E-state index contributed by atoms with van der Waals surface area (Å²) in [4.78, 5) is 13.4. The van der Waals surface area contributed by atoms with Crippen molar-refractivity contribution >= 4 is 16.1 Å². The van der Waals surface area contributed by atoms with Gasteiger partial charge in [0, 0.05) is 0 Å². The number of ether oxygens (including phenoxy) is 2. The Kier molecular flexibility index (Phi) is 3.77. The molecule has 1 atom stereocenters. The molecule has 2 aliphatic rings. The summed E-state index contributed by atoms with van der Waals surface area (Å²) in [6.45, 7) is 6.34. The Labute approximate surface area is 119 Å². The summed E-state index contributed by atoms with van der Waals surface area (Å²) in [5, 5.41) is 5.02. The molecule has 0 aliphatic carbocycles. The van der Waals surface area contributed by atoms with E-state index in [1.165, 1.54) is 0 Å². The van der Waals surface area contributed by atoms with Gasteiger partial charge in [0.05, 0.1) is 24.9 Å². The van der Waals surface area contributed by atoms with Gasteiger partial charge in [0.1, 0.15) is 11.2 Å². The van der Waals surface area contributed by atoms with Crippen LogP contribution in [0, 0.1) is 0 Å². The molecule has 116 valence electrons. The number of nitrogens with two attached hydrogens (primary N) is 1. The SMILES string of the molecule is CC(C)(C)OC(=O)N1CC2(CCC(CS(N)(=O)=O)O2)C1. The van der Waals surface area contributed by atoms with Crippen molar-refractivity contribution in [3.63, 3.8) is 0 Å². The van der Waals surface area contributed by atoms with Crippen molar-refractivity contribution in [1.29, 1.82) is 0 Å². The molecule has 0 aromatic carbocycles. The average Bonchev–Trinajstić information content (AvgIpc) is 2.53. The Hall–Kier alpha value is -0.860. The minimum absolute atomic E-state index is 0.165. The topological polar surface area (TPSA) is 98.9 Å². The first-order chi connectivity index (χ1) is 8.98. The Morgan fingerprint density at radius 1 is 1.45 bits per heavy atom. The Morgan fingerprint density at radius 3 is 2.55 bits per heavy atom. The van der Waals surface area contributed by atoms with E-state index in [2.05, 4.69) is 0 Å². The number of nitrogens with zero attached hydrogens (tertiary/aromatic N) is 1. The van der Waals surface area contributed by atoms with Crippen LogP contribution in [0.2, 0.25) is 0 Å². The summed E-state index contributed by atoms with van der Waals surface area (Å²) in [5.74, 6) is -0.165. The van der Waals surface area contributed by atoms with Crippen molar-refractivity contribution < 1.29 is 22.7 Å². The predicted octanol–water partition coefficient (Wildman–Crippen LogP) is 0.443. The molecule has 1 amide bonds. The van der Waals surface area contributed by atoms with Gasteiger partial charge in [0.2, 0.25) is 10.0 Å². The second kappa shape index (κ2) is 4.85. The minimum atomic E-state index is -3.53. The highest BCUT2D eigenvalue weighted by atomic mass is 32.2. The minimum Gasteiger partial charge on any atom is -0.444 e. The van der Waals surface area contributed by atoms with Crippen molar-refractivity contribution in [1.82, 2.24) is 4.90 Å². The first kappa shape index (κ1) is 15.5. The lowest BCUT2D eigenvalue weighted by molar-refractivity contribution is -0.127. The van der Waals surface area contributed by atoms with Gasteiger partial charge in [-0.05, 0) is 33.6 Å². The van der Waals surface area contributed by atoms with Gasteiger partial charge in [-0.25, -0.2) is 18.4 Å². The van der Waals surface area contributed by atoms with E-state index in [1.807, 2.05) is 20.8 Å². The van der Waals surface area contributed by atoms with Crippen LogP contribution in [0.1, 0.15) is 33.6 Å². The van der Waals surface area contributed by atoms with Crippen LogP contribution < -0.4 is 5.14 Å². The van der Waals surface area contributed by atoms with Crippen molar-refractivity contribution in [2.75, 3.05) is 18.8 Å². The molecule has 0 bridgehead atoms. The highest BCUT2D eigenvalue weighted by molar-refractivity contribution is 7.89. The second-order valence-corrected chi connectivity index (χ2v) is 8.29. The molecule has 0 saturated carbocycles. The summed E-state index contributed by atoms with van der Waals surface area (Å²) >= 11 is 0. The van der Waals surface area contributed by atoms with E-state index in [-0.39, 0.29) is 18.0 Å². The quantitative estimate of drug-likeness (QED) is 0.798. The maximum atomic E-state index is 11.8. The largest absolute Gasteiger partial charge is 0.444 e. The molecule has 1 spiro atoms. The predicted molar refractivity (Wildman–Crippen MR) is 72.6 cm³/mol. The normalized spacial score (nSPS) is 25.6. The fourth-order valence-corrected chi connectivity index (χ4v) is 3.36. The fourth-order valence-electron chi connectivity index (χ4n) is 2.61. The molecule has 2 fully saturated rings. The second-order valence-electron chi connectivity index (χ2n) is 6.63. The van der Waals surface area contributed by atoms with E-state index in [0.29, 0.717) is 19.5 Å². The molecule has 2 aliphatic heterocycles. The van der Waals surface area contributed by atoms with E-state index in [1.54, 1.807) is 4.90 Å². The van der Waals surface area contributed by atoms with Crippen LogP contribution in [0.15, 0.2) is 0 Å². The van der Waals surface area contributed by atoms with Gasteiger partial charge in [0.25, 0.3) is 0 Å². The van der Waals surface area contributed by atoms with Crippen LogP contribution in [0.25, 0.3) is 0 Å². The van der Waals surface area contributed by atoms with E-state index in [9.17, 15) is 13.2 Å². The smallest absolute Gasteiger partial charge is 0.410 e. The van der Waals surface area contributed by atoms with Crippen LogP contribution in [0.5, 0.6) is 0 Å². The van der Waals surface area contributed by atoms with Gasteiger partial charge in [-0.1, -0.05) is 0 Å². The molecule has 2 heterocycles. The number of carbonyl (C=O) groups excluding carboxylic acids is 1. The number of sulfonamides is 1. The number of amides is 1. The number of hydrogen-bond donors (Lipinski definition) is 1. The lowest BCUT2D eigenvalue weighted by atomic mass is 9.91. The number of rotatable bonds is 2. The van der Waals surface area contributed by atoms with Crippen LogP contribution in [0.4, 0.5) is 4.79 Å². The summed E-state index contributed by atoms with van der Waals surface area (Å²) in [6.07, 6.45) is 0.665. The highest BCUT2D eigenvalue weighted by Gasteiger charge is 2.52. The van der Waals surface area contributed by atoms with Crippen LogP contribution in [-0.2, 0) is 19.5 Å². The van der Waals surface area contributed by atoms with Crippen LogP contribution >= 0.6 is 0 Å². The van der Waals surface area contributed by atoms with Gasteiger partial charge < -0.3 is 14.4 Å². The number of primary sulfonamides is 1. The van der Waals surface area contributed by atoms with E-state index in [4.69, 9.17) is 14.6 Å². The Bertz CT molecular complexity index is 490. The van der Waals surface area contributed by atoms with Gasteiger partial charge in [-0.15, -0.1) is 0 Å². The average molecular weight is 306 g/mol. The van der Waals surface area contributed by atoms with Crippen molar-refractivity contribution in [2.24, 2.45) is 5.14 Å². The Morgan fingerprint density at radius 2 is 2.05 bits per heavy atom. The maximum Gasteiger partial charge on any atom is 0.410 e. The molecular formula is C12H22N2O5S. The summed E-state index contributed by atoms with van der Waals surface area (Å²) in [5.41, 5.74) is -0.932. The number of hydrogen-bond acceptors (Lipinski definition) is 5. The van der Waals surface area contributed by atoms with Gasteiger partial charge >= 0.3 is 6.09 Å². The summed E-state index contributed by atoms with van der Waals surface area (Å²) in [7, 11) is -3.53. The zero-order valence-corrected chi connectivity index (χ0v) is 12.9. The zero-order valence-electron chi connectivity index (χ0n) is 12.1. The van der Waals surface area contributed by atoms with E-state index < -0.39 is 21.2 Å². The van der Waals surface area contributed by atoms with Crippen molar-refractivity contribution in [2.45, 2.75) is 50.9 Å². The molecule has 0 radical (unpaired) electrons. The molecule has 2 rings (SSSR count). The maximum absolute atomic E-state index is 11.8. The third-order valence-corrected chi connectivity index (χ3v) is 4.20. The third-order valence-electron chi connectivity index (χ3n) is 3.37. The lowest BCUT2D eigenvalue weighted by Crippen LogP contribution is -2.64. The first-order valence-corrected chi connectivity index (χ1v) is 8.36. The summed E-state index contributed by atoms with van der Waals surface area (Å²) in [6, 6.07) is 0. The molecule has 7 nitrogen and oxygen atoms in total. The van der Waals surface area contributed by atoms with Crippen molar-refractivity contribution in [3.8, 4) is 0 Å². The van der Waals surface area contributed by atoms with Gasteiger partial charge in [-0.3, -0.25) is 0 Å². The molecule has 2 N–H and O–H groups in total. The van der Waals surface area contributed by atoms with Crippen LogP contribution in [-0.4, -0.2) is 55.6 Å². The fraction of sp³-hybridized carbons (Fsp3) is 0.917. The molecular weight excluding hydrogens is 284 g/mol. The monoisotopic (exact) mass is 306 g/mol. The van der Waals surface area contributed by atoms with E-state index >= 15 is 0 Å².